The Labute approximate surface area is 172 Å². The average molecular weight is 408 g/mol. The van der Waals surface area contributed by atoms with Crippen molar-refractivity contribution in [2.75, 3.05) is 37.0 Å². The van der Waals surface area contributed by atoms with E-state index in [1.54, 1.807) is 11.8 Å². The molecule has 3 aliphatic rings. The maximum absolute atomic E-state index is 13.1. The largest absolute Gasteiger partial charge is 0.378 e. The van der Waals surface area contributed by atoms with E-state index in [4.69, 9.17) is 4.74 Å². The van der Waals surface area contributed by atoms with E-state index in [1.165, 1.54) is 38.5 Å². The van der Waals surface area contributed by atoms with Crippen LogP contribution in [0.3, 0.4) is 0 Å². The topological polar surface area (TPSA) is 63.5 Å². The molecular weight excluding hydrogens is 374 g/mol. The number of thioether (sulfide) groups is 1. The number of hydrogen-bond acceptors (Lipinski definition) is 6. The lowest BCUT2D eigenvalue weighted by molar-refractivity contribution is -0.132. The van der Waals surface area contributed by atoms with Crippen LogP contribution >= 0.6 is 11.8 Å². The van der Waals surface area contributed by atoms with Crippen LogP contribution < -0.4 is 4.90 Å². The Balaban J connectivity index is 1.39. The predicted molar refractivity (Wildman–Crippen MR) is 111 cm³/mol. The van der Waals surface area contributed by atoms with Gasteiger partial charge >= 0.3 is 0 Å². The van der Waals surface area contributed by atoms with Gasteiger partial charge in [-0.05, 0) is 51.4 Å². The van der Waals surface area contributed by atoms with Crippen molar-refractivity contribution in [1.29, 1.82) is 0 Å². The zero-order chi connectivity index (χ0) is 19.5. The third kappa shape index (κ3) is 4.48. The van der Waals surface area contributed by atoms with E-state index in [1.807, 2.05) is 0 Å². The Bertz CT molecular complexity index is 664. The molecule has 1 saturated heterocycles. The number of carbonyl (C=O) groups is 1. The molecule has 0 unspecified atom stereocenters. The highest BCUT2D eigenvalue weighted by molar-refractivity contribution is 7.99. The highest BCUT2D eigenvalue weighted by atomic mass is 32.2. The van der Waals surface area contributed by atoms with Crippen LogP contribution in [0.25, 0.3) is 0 Å². The van der Waals surface area contributed by atoms with Crippen LogP contribution in [0.4, 0.5) is 5.95 Å². The second-order valence-corrected chi connectivity index (χ2v) is 9.30. The Kier molecular flexibility index (Phi) is 6.45. The molecule has 4 rings (SSSR count). The molecule has 0 bridgehead atoms. The number of ether oxygens (including phenoxy) is 1. The van der Waals surface area contributed by atoms with E-state index >= 15 is 0 Å². The summed E-state index contributed by atoms with van der Waals surface area (Å²) in [5, 5.41) is 9.67. The van der Waals surface area contributed by atoms with Gasteiger partial charge in [0.25, 0.3) is 0 Å². The van der Waals surface area contributed by atoms with Crippen molar-refractivity contribution in [1.82, 2.24) is 19.7 Å². The summed E-state index contributed by atoms with van der Waals surface area (Å²) < 4.78 is 7.58. The minimum atomic E-state index is 0.283. The van der Waals surface area contributed by atoms with Crippen molar-refractivity contribution in [3.05, 3.63) is 0 Å². The summed E-state index contributed by atoms with van der Waals surface area (Å²) in [6, 6.07) is 0.934. The number of aromatic nitrogens is 3. The van der Waals surface area contributed by atoms with Gasteiger partial charge in [0.15, 0.2) is 5.16 Å². The summed E-state index contributed by atoms with van der Waals surface area (Å²) in [6.45, 7) is 8.40. The molecule has 7 nitrogen and oxygen atoms in total. The molecule has 0 atom stereocenters. The van der Waals surface area contributed by atoms with Crippen LogP contribution in [-0.2, 0) is 16.1 Å². The minimum absolute atomic E-state index is 0.283. The summed E-state index contributed by atoms with van der Waals surface area (Å²) >= 11 is 1.54. The van der Waals surface area contributed by atoms with Gasteiger partial charge in [0.1, 0.15) is 0 Å². The zero-order valence-electron chi connectivity index (χ0n) is 17.2. The van der Waals surface area contributed by atoms with E-state index < -0.39 is 0 Å². The predicted octanol–water partition coefficient (Wildman–Crippen LogP) is 2.80. The fraction of sp³-hybridized carbons (Fsp3) is 0.850. The molecule has 0 aromatic carbocycles. The molecule has 0 spiro atoms. The van der Waals surface area contributed by atoms with E-state index in [0.29, 0.717) is 17.8 Å². The first-order valence-corrected chi connectivity index (χ1v) is 11.9. The van der Waals surface area contributed by atoms with Gasteiger partial charge in [-0.2, -0.15) is 0 Å². The second-order valence-electron chi connectivity index (χ2n) is 8.36. The van der Waals surface area contributed by atoms with Gasteiger partial charge < -0.3 is 14.5 Å². The number of morpholine rings is 1. The van der Waals surface area contributed by atoms with Crippen molar-refractivity contribution in [2.24, 2.45) is 5.92 Å². The zero-order valence-corrected chi connectivity index (χ0v) is 18.0. The molecule has 156 valence electrons. The molecule has 8 heteroatoms. The maximum Gasteiger partial charge on any atom is 0.233 e. The second kappa shape index (κ2) is 9.03. The van der Waals surface area contributed by atoms with Crippen molar-refractivity contribution < 1.29 is 9.53 Å². The highest BCUT2D eigenvalue weighted by Gasteiger charge is 2.38. The van der Waals surface area contributed by atoms with Crippen LogP contribution in [0.5, 0.6) is 0 Å². The maximum atomic E-state index is 13.1. The lowest BCUT2D eigenvalue weighted by Gasteiger charge is -2.36. The van der Waals surface area contributed by atoms with Gasteiger partial charge in [0, 0.05) is 31.7 Å². The molecule has 2 heterocycles. The number of carbonyl (C=O) groups excluding carboxylic acids is 1. The van der Waals surface area contributed by atoms with Crippen LogP contribution in [0.15, 0.2) is 5.16 Å². The van der Waals surface area contributed by atoms with Crippen molar-refractivity contribution >= 4 is 23.6 Å². The smallest absolute Gasteiger partial charge is 0.233 e. The first-order chi connectivity index (χ1) is 13.7. The fourth-order valence-electron chi connectivity index (χ4n) is 4.44. The summed E-state index contributed by atoms with van der Waals surface area (Å²) in [5.74, 6) is 2.46. The van der Waals surface area contributed by atoms with Crippen molar-refractivity contribution in [3.8, 4) is 0 Å². The lowest BCUT2D eigenvalue weighted by Crippen LogP contribution is -2.44. The van der Waals surface area contributed by atoms with Gasteiger partial charge in [-0.15, -0.1) is 10.2 Å². The molecule has 0 radical (unpaired) electrons. The molecule has 0 N–H and O–H groups in total. The van der Waals surface area contributed by atoms with Gasteiger partial charge in [-0.1, -0.05) is 18.7 Å². The summed E-state index contributed by atoms with van der Waals surface area (Å²) in [7, 11) is 0. The molecule has 2 aliphatic carbocycles. The molecular formula is C20H33N5O2S. The summed E-state index contributed by atoms with van der Waals surface area (Å²) in [5.41, 5.74) is 0. The molecule has 1 aromatic heterocycles. The van der Waals surface area contributed by atoms with E-state index in [-0.39, 0.29) is 5.91 Å². The Morgan fingerprint density at radius 3 is 2.36 bits per heavy atom. The molecule has 3 fully saturated rings. The Morgan fingerprint density at radius 2 is 1.75 bits per heavy atom. The molecule has 28 heavy (non-hydrogen) atoms. The quantitative estimate of drug-likeness (QED) is 0.648. The number of amides is 1. The monoisotopic (exact) mass is 407 g/mol. The van der Waals surface area contributed by atoms with Gasteiger partial charge in [-0.3, -0.25) is 9.36 Å². The first-order valence-electron chi connectivity index (χ1n) is 10.9. The third-order valence-corrected chi connectivity index (χ3v) is 7.19. The van der Waals surface area contributed by atoms with Crippen LogP contribution in [-0.4, -0.2) is 69.7 Å². The number of anilines is 1. The Morgan fingerprint density at radius 1 is 1.11 bits per heavy atom. The molecule has 1 aliphatic heterocycles. The Hall–Kier alpha value is -1.28. The van der Waals surface area contributed by atoms with E-state index in [2.05, 4.69) is 38.4 Å². The summed E-state index contributed by atoms with van der Waals surface area (Å²) in [4.78, 5) is 17.6. The SMILES string of the molecule is CCn1c(SCC(=O)N(C2CCC(C)CC2)C2CC2)nnc1N1CCOCC1. The lowest BCUT2D eigenvalue weighted by atomic mass is 9.86. The van der Waals surface area contributed by atoms with Crippen molar-refractivity contribution in [2.45, 2.75) is 76.2 Å². The summed E-state index contributed by atoms with van der Waals surface area (Å²) in [6.07, 6.45) is 7.19. The van der Waals surface area contributed by atoms with E-state index in [9.17, 15) is 4.79 Å². The highest BCUT2D eigenvalue weighted by Crippen LogP contribution is 2.36. The standard InChI is InChI=1S/C20H33N5O2S/c1-3-24-19(23-10-12-27-13-11-23)21-22-20(24)28-14-18(26)25(17-8-9-17)16-6-4-15(2)5-7-16/h15-17H,3-14H2,1-2H3. The van der Waals surface area contributed by atoms with Gasteiger partial charge in [-0.25, -0.2) is 0 Å². The van der Waals surface area contributed by atoms with Gasteiger partial charge in [0.2, 0.25) is 11.9 Å². The van der Waals surface area contributed by atoms with Crippen LogP contribution in [0, 0.1) is 5.92 Å². The average Bonchev–Trinajstić information content (AvgIpc) is 3.46. The third-order valence-electron chi connectivity index (χ3n) is 6.24. The number of hydrogen-bond donors (Lipinski definition) is 0. The number of nitrogens with zero attached hydrogens (tertiary/aromatic N) is 5. The van der Waals surface area contributed by atoms with E-state index in [0.717, 1.165) is 49.9 Å². The molecule has 2 saturated carbocycles. The minimum Gasteiger partial charge on any atom is -0.378 e. The normalized spacial score (nSPS) is 25.7. The van der Waals surface area contributed by atoms with Crippen LogP contribution in [0.2, 0.25) is 0 Å². The number of rotatable bonds is 7. The van der Waals surface area contributed by atoms with Crippen molar-refractivity contribution in [3.63, 3.8) is 0 Å². The molecule has 1 aromatic rings. The first kappa shape index (κ1) is 20.0. The fourth-order valence-corrected chi connectivity index (χ4v) is 5.31. The molecule has 1 amide bonds. The van der Waals surface area contributed by atoms with Crippen LogP contribution in [0.1, 0.15) is 52.4 Å². The van der Waals surface area contributed by atoms with Gasteiger partial charge in [0.05, 0.1) is 19.0 Å².